The lowest BCUT2D eigenvalue weighted by Gasteiger charge is -2.28. The third-order valence-corrected chi connectivity index (χ3v) is 3.03. The molecule has 96 valence electrons. The second-order valence-electron chi connectivity index (χ2n) is 4.12. The monoisotopic (exact) mass is 265 g/mol. The highest BCUT2D eigenvalue weighted by Gasteiger charge is 2.49. The molecule has 0 aromatic heterocycles. The van der Waals surface area contributed by atoms with E-state index in [4.69, 9.17) is 0 Å². The molecule has 1 aliphatic heterocycles. The molecule has 3 nitrogen and oxygen atoms in total. The quantitative estimate of drug-likeness (QED) is 0.542. The fourth-order valence-corrected chi connectivity index (χ4v) is 2.26. The second kappa shape index (κ2) is 3.57. The van der Waals surface area contributed by atoms with Crippen LogP contribution in [0.15, 0.2) is 36.4 Å². The van der Waals surface area contributed by atoms with Crippen LogP contribution in [0, 0.1) is 0 Å². The van der Waals surface area contributed by atoms with Gasteiger partial charge >= 0.3 is 6.30 Å². The summed E-state index contributed by atoms with van der Waals surface area (Å²) in [4.78, 5) is 23.0. The summed E-state index contributed by atoms with van der Waals surface area (Å²) in [6, 6.07) is 8.85. The van der Waals surface area contributed by atoms with Crippen LogP contribution in [0.4, 0.5) is 13.2 Å². The van der Waals surface area contributed by atoms with E-state index in [0.717, 1.165) is 0 Å². The van der Waals surface area contributed by atoms with Crippen molar-refractivity contribution in [3.8, 4) is 0 Å². The zero-order chi connectivity index (χ0) is 13.8. The minimum atomic E-state index is -5.02. The van der Waals surface area contributed by atoms with Gasteiger partial charge < -0.3 is 0 Å². The van der Waals surface area contributed by atoms with E-state index in [0.29, 0.717) is 5.39 Å². The summed E-state index contributed by atoms with van der Waals surface area (Å²) in [5.41, 5.74) is -0.213. The highest BCUT2D eigenvalue weighted by Crippen LogP contribution is 2.35. The number of carbonyl (C=O) groups is 2. The molecule has 2 amide bonds. The molecule has 19 heavy (non-hydrogen) atoms. The Bertz CT molecular complexity index is 671. The first kappa shape index (κ1) is 11.7. The minimum Gasteiger partial charge on any atom is -0.268 e. The first-order valence-electron chi connectivity index (χ1n) is 5.38. The molecule has 0 bridgehead atoms. The van der Waals surface area contributed by atoms with Gasteiger partial charge in [-0.3, -0.25) is 9.59 Å². The Morgan fingerprint density at radius 3 is 1.74 bits per heavy atom. The molecule has 3 rings (SSSR count). The Labute approximate surface area is 105 Å². The van der Waals surface area contributed by atoms with Gasteiger partial charge in [-0.05, 0) is 17.5 Å². The van der Waals surface area contributed by atoms with E-state index in [1.54, 1.807) is 12.1 Å². The summed E-state index contributed by atoms with van der Waals surface area (Å²) in [6.07, 6.45) is -5.02. The summed E-state index contributed by atoms with van der Waals surface area (Å²) in [5, 5.41) is 0.846. The van der Waals surface area contributed by atoms with Gasteiger partial charge in [0.1, 0.15) is 0 Å². The van der Waals surface area contributed by atoms with E-state index in [1.807, 2.05) is 0 Å². The van der Waals surface area contributed by atoms with Gasteiger partial charge in [-0.1, -0.05) is 24.3 Å². The Morgan fingerprint density at radius 2 is 1.32 bits per heavy atom. The predicted molar refractivity (Wildman–Crippen MR) is 60.5 cm³/mol. The first-order chi connectivity index (χ1) is 8.91. The van der Waals surface area contributed by atoms with Crippen molar-refractivity contribution in [3.05, 3.63) is 47.5 Å². The molecular formula is C13H6F3NO2. The number of rotatable bonds is 0. The Balaban J connectivity index is 2.38. The number of hydrogen-bond donors (Lipinski definition) is 0. The Kier molecular flexibility index (Phi) is 2.20. The van der Waals surface area contributed by atoms with E-state index >= 15 is 0 Å². The van der Waals surface area contributed by atoms with Crippen LogP contribution in [0.3, 0.4) is 0 Å². The molecule has 0 spiro atoms. The lowest BCUT2D eigenvalue weighted by atomic mass is 9.94. The van der Waals surface area contributed by atoms with Gasteiger partial charge in [0, 0.05) is 16.5 Å². The second-order valence-corrected chi connectivity index (χ2v) is 4.12. The molecule has 0 fully saturated rings. The van der Waals surface area contributed by atoms with Crippen molar-refractivity contribution in [1.82, 2.24) is 4.90 Å². The van der Waals surface area contributed by atoms with Gasteiger partial charge in [-0.2, -0.15) is 4.90 Å². The summed E-state index contributed by atoms with van der Waals surface area (Å²) in [5.74, 6) is -2.66. The number of benzene rings is 2. The lowest BCUT2D eigenvalue weighted by Crippen LogP contribution is -2.49. The van der Waals surface area contributed by atoms with Crippen molar-refractivity contribution in [2.24, 2.45) is 0 Å². The van der Waals surface area contributed by atoms with Crippen molar-refractivity contribution in [3.63, 3.8) is 0 Å². The molecule has 6 heteroatoms. The number of amides is 2. The van der Waals surface area contributed by atoms with E-state index < -0.39 is 23.0 Å². The van der Waals surface area contributed by atoms with E-state index in [2.05, 4.69) is 0 Å². The third-order valence-electron chi connectivity index (χ3n) is 3.03. The zero-order valence-corrected chi connectivity index (χ0v) is 9.36. The summed E-state index contributed by atoms with van der Waals surface area (Å²) in [7, 11) is 0. The van der Waals surface area contributed by atoms with Gasteiger partial charge in [0.15, 0.2) is 0 Å². The summed E-state index contributed by atoms with van der Waals surface area (Å²) < 4.78 is 38.4. The van der Waals surface area contributed by atoms with Gasteiger partial charge in [0.25, 0.3) is 11.8 Å². The molecule has 0 atom stereocenters. The van der Waals surface area contributed by atoms with Crippen molar-refractivity contribution in [2.45, 2.75) is 6.30 Å². The SMILES string of the molecule is O=C1c2cccc3cccc(c23)C(=O)N1C(F)(F)F. The fraction of sp³-hybridized carbons (Fsp3) is 0.0769. The molecule has 1 heterocycles. The molecule has 0 saturated carbocycles. The number of alkyl halides is 3. The highest BCUT2D eigenvalue weighted by molar-refractivity contribution is 6.25. The number of hydrogen-bond acceptors (Lipinski definition) is 2. The molecule has 0 radical (unpaired) electrons. The van der Waals surface area contributed by atoms with Crippen molar-refractivity contribution < 1.29 is 22.8 Å². The first-order valence-corrected chi connectivity index (χ1v) is 5.38. The normalized spacial score (nSPS) is 15.2. The average Bonchev–Trinajstić information content (AvgIpc) is 2.34. The van der Waals surface area contributed by atoms with Gasteiger partial charge in [-0.15, -0.1) is 13.2 Å². The topological polar surface area (TPSA) is 37.4 Å². The highest BCUT2D eigenvalue weighted by atomic mass is 19.4. The van der Waals surface area contributed by atoms with Crippen LogP contribution in [-0.4, -0.2) is 23.0 Å². The Hall–Kier alpha value is -2.37. The summed E-state index contributed by atoms with van der Waals surface area (Å²) >= 11 is 0. The van der Waals surface area contributed by atoms with E-state index in [1.165, 1.54) is 24.3 Å². The number of nitrogens with zero attached hydrogens (tertiary/aromatic N) is 1. The van der Waals surface area contributed by atoms with Crippen LogP contribution in [0.2, 0.25) is 0 Å². The van der Waals surface area contributed by atoms with E-state index in [9.17, 15) is 22.8 Å². The maximum atomic E-state index is 12.8. The predicted octanol–water partition coefficient (Wildman–Crippen LogP) is 2.96. The molecule has 0 unspecified atom stereocenters. The lowest BCUT2D eigenvalue weighted by molar-refractivity contribution is -0.206. The summed E-state index contributed by atoms with van der Waals surface area (Å²) in [6.45, 7) is 0. The smallest absolute Gasteiger partial charge is 0.268 e. The van der Waals surface area contributed by atoms with Crippen LogP contribution < -0.4 is 0 Å². The Morgan fingerprint density at radius 1 is 0.842 bits per heavy atom. The number of carbonyl (C=O) groups excluding carboxylic acids is 2. The molecule has 2 aromatic rings. The van der Waals surface area contributed by atoms with Crippen LogP contribution in [-0.2, 0) is 0 Å². The molecule has 1 aliphatic rings. The van der Waals surface area contributed by atoms with E-state index in [-0.39, 0.29) is 16.5 Å². The van der Waals surface area contributed by atoms with Crippen molar-refractivity contribution in [2.75, 3.05) is 0 Å². The van der Waals surface area contributed by atoms with Gasteiger partial charge in [-0.25, -0.2) is 0 Å². The van der Waals surface area contributed by atoms with Crippen LogP contribution in [0.1, 0.15) is 20.7 Å². The third kappa shape index (κ3) is 1.53. The molecule has 0 saturated heterocycles. The average molecular weight is 265 g/mol. The van der Waals surface area contributed by atoms with Crippen LogP contribution >= 0.6 is 0 Å². The zero-order valence-electron chi connectivity index (χ0n) is 9.36. The van der Waals surface area contributed by atoms with Crippen molar-refractivity contribution in [1.29, 1.82) is 0 Å². The maximum Gasteiger partial charge on any atom is 0.494 e. The minimum absolute atomic E-state index is 0.106. The van der Waals surface area contributed by atoms with Crippen LogP contribution in [0.25, 0.3) is 10.8 Å². The molecule has 0 N–H and O–H groups in total. The maximum absolute atomic E-state index is 12.8. The van der Waals surface area contributed by atoms with Crippen LogP contribution in [0.5, 0.6) is 0 Å². The molecular weight excluding hydrogens is 259 g/mol. The van der Waals surface area contributed by atoms with Gasteiger partial charge in [0.05, 0.1) is 0 Å². The number of imide groups is 1. The molecule has 2 aromatic carbocycles. The standard InChI is InChI=1S/C13H6F3NO2/c14-13(15,16)17-11(18)8-5-1-3-7-4-2-6-9(10(7)8)12(17)19/h1-6H. The largest absolute Gasteiger partial charge is 0.494 e. The molecule has 0 aliphatic carbocycles. The number of halogens is 3. The van der Waals surface area contributed by atoms with Gasteiger partial charge in [0.2, 0.25) is 0 Å². The fourth-order valence-electron chi connectivity index (χ4n) is 2.26. The van der Waals surface area contributed by atoms with Crippen molar-refractivity contribution >= 4 is 22.6 Å².